The Hall–Kier alpha value is -1.99. The molecule has 1 atom stereocenters. The number of hydrogen-bond acceptors (Lipinski definition) is 6. The fourth-order valence-corrected chi connectivity index (χ4v) is 2.70. The van der Waals surface area contributed by atoms with Gasteiger partial charge in [-0.1, -0.05) is 35.5 Å². The third kappa shape index (κ3) is 2.46. The Bertz CT molecular complexity index is 800. The zero-order valence-electron chi connectivity index (χ0n) is 11.2. The van der Waals surface area contributed by atoms with Gasteiger partial charge in [-0.3, -0.25) is 0 Å². The molecule has 0 N–H and O–H groups in total. The monoisotopic (exact) mass is 336 g/mol. The summed E-state index contributed by atoms with van der Waals surface area (Å²) >= 11 is 12.0. The fraction of sp³-hybridized carbons (Fsp3) is 0.308. The summed E-state index contributed by atoms with van der Waals surface area (Å²) in [6, 6.07) is 9.64. The molecular weight excluding hydrogens is 327 g/mol. The Kier molecular flexibility index (Phi) is 3.12. The van der Waals surface area contributed by atoms with Gasteiger partial charge in [0.15, 0.2) is 11.6 Å². The highest BCUT2D eigenvalue weighted by molar-refractivity contribution is 6.51. The molecule has 112 valence electrons. The summed E-state index contributed by atoms with van der Waals surface area (Å²) < 4.78 is 6.06. The van der Waals surface area contributed by atoms with Gasteiger partial charge in [-0.2, -0.15) is 4.98 Å². The molecule has 4 rings (SSSR count). The van der Waals surface area contributed by atoms with E-state index in [2.05, 4.69) is 25.7 Å². The largest absolute Gasteiger partial charge is 0.337 e. The van der Waals surface area contributed by atoms with Gasteiger partial charge in [0.2, 0.25) is 5.89 Å². The molecule has 1 aliphatic rings. The van der Waals surface area contributed by atoms with Gasteiger partial charge < -0.3 is 4.52 Å². The van der Waals surface area contributed by atoms with Gasteiger partial charge in [0, 0.05) is 5.56 Å². The number of aromatic nitrogens is 6. The van der Waals surface area contributed by atoms with Crippen LogP contribution in [-0.2, 0) is 6.54 Å². The van der Waals surface area contributed by atoms with Gasteiger partial charge in [0.1, 0.15) is 10.9 Å². The average molecular weight is 337 g/mol. The Morgan fingerprint density at radius 1 is 1.27 bits per heavy atom. The second-order valence-corrected chi connectivity index (χ2v) is 6.63. The maximum Gasteiger partial charge on any atom is 0.248 e. The molecule has 0 aliphatic heterocycles. The zero-order valence-corrected chi connectivity index (χ0v) is 12.7. The van der Waals surface area contributed by atoms with E-state index >= 15 is 0 Å². The van der Waals surface area contributed by atoms with Crippen LogP contribution in [-0.4, -0.2) is 34.7 Å². The SMILES string of the molecule is ClC1(Cl)CC1c1noc(Cn2nnnc2-c2ccccc2)n1. The summed E-state index contributed by atoms with van der Waals surface area (Å²) in [5.74, 6) is 1.50. The molecule has 9 heteroatoms. The summed E-state index contributed by atoms with van der Waals surface area (Å²) in [5.41, 5.74) is 0.912. The van der Waals surface area contributed by atoms with Crippen molar-refractivity contribution in [2.45, 2.75) is 23.2 Å². The number of benzene rings is 1. The van der Waals surface area contributed by atoms with Crippen molar-refractivity contribution in [2.75, 3.05) is 0 Å². The smallest absolute Gasteiger partial charge is 0.248 e. The average Bonchev–Trinajstić information content (AvgIpc) is 2.91. The van der Waals surface area contributed by atoms with Crippen LogP contribution in [0.3, 0.4) is 0 Å². The summed E-state index contributed by atoms with van der Waals surface area (Å²) in [6.45, 7) is 0.286. The molecule has 1 fully saturated rings. The molecule has 7 nitrogen and oxygen atoms in total. The molecule has 2 aromatic heterocycles. The maximum absolute atomic E-state index is 6.01. The lowest BCUT2D eigenvalue weighted by molar-refractivity contribution is 0.360. The van der Waals surface area contributed by atoms with E-state index < -0.39 is 4.33 Å². The standard InChI is InChI=1S/C13H10Cl2N6O/c14-13(15)6-9(13)11-16-10(22-18-11)7-21-12(17-19-20-21)8-4-2-1-3-5-8/h1-5,9H,6-7H2. The van der Waals surface area contributed by atoms with Crippen molar-refractivity contribution in [2.24, 2.45) is 0 Å². The Morgan fingerprint density at radius 3 is 2.77 bits per heavy atom. The molecule has 3 aromatic rings. The van der Waals surface area contributed by atoms with Crippen LogP contribution >= 0.6 is 23.2 Å². The van der Waals surface area contributed by atoms with Crippen molar-refractivity contribution in [3.8, 4) is 11.4 Å². The highest BCUT2D eigenvalue weighted by Gasteiger charge is 2.55. The number of nitrogens with zero attached hydrogens (tertiary/aromatic N) is 6. The summed E-state index contributed by atoms with van der Waals surface area (Å²) in [4.78, 5) is 4.31. The number of tetrazole rings is 1. The van der Waals surface area contributed by atoms with Crippen molar-refractivity contribution in [1.82, 2.24) is 30.3 Å². The van der Waals surface area contributed by atoms with Crippen LogP contribution in [0.1, 0.15) is 24.1 Å². The number of rotatable bonds is 4. The van der Waals surface area contributed by atoms with Crippen LogP contribution in [0, 0.1) is 0 Å². The van der Waals surface area contributed by atoms with Gasteiger partial charge in [-0.15, -0.1) is 28.3 Å². The minimum atomic E-state index is -0.773. The first kappa shape index (κ1) is 13.7. The van der Waals surface area contributed by atoms with Crippen LogP contribution in [0.4, 0.5) is 0 Å². The van der Waals surface area contributed by atoms with Crippen molar-refractivity contribution < 1.29 is 4.52 Å². The molecule has 1 aromatic carbocycles. The molecule has 0 saturated heterocycles. The fourth-order valence-electron chi connectivity index (χ4n) is 2.20. The number of hydrogen-bond donors (Lipinski definition) is 0. The topological polar surface area (TPSA) is 82.5 Å². The summed E-state index contributed by atoms with van der Waals surface area (Å²) in [7, 11) is 0. The minimum Gasteiger partial charge on any atom is -0.337 e. The Morgan fingerprint density at radius 2 is 2.05 bits per heavy atom. The van der Waals surface area contributed by atoms with Gasteiger partial charge in [0.05, 0.1) is 5.92 Å². The second-order valence-electron chi connectivity index (χ2n) is 5.09. The molecule has 0 amide bonds. The van der Waals surface area contributed by atoms with E-state index in [4.69, 9.17) is 27.7 Å². The quantitative estimate of drug-likeness (QED) is 0.680. The predicted molar refractivity (Wildman–Crippen MR) is 78.4 cm³/mol. The van der Waals surface area contributed by atoms with Crippen LogP contribution in [0.5, 0.6) is 0 Å². The van der Waals surface area contributed by atoms with Crippen LogP contribution in [0.25, 0.3) is 11.4 Å². The molecule has 0 radical (unpaired) electrons. The van der Waals surface area contributed by atoms with Crippen LogP contribution in [0.15, 0.2) is 34.9 Å². The van der Waals surface area contributed by atoms with E-state index in [9.17, 15) is 0 Å². The van der Waals surface area contributed by atoms with E-state index in [1.54, 1.807) is 4.68 Å². The van der Waals surface area contributed by atoms with E-state index in [0.29, 0.717) is 24.0 Å². The molecule has 22 heavy (non-hydrogen) atoms. The molecule has 0 bridgehead atoms. The highest BCUT2D eigenvalue weighted by atomic mass is 35.5. The van der Waals surface area contributed by atoms with Crippen molar-refractivity contribution in [3.05, 3.63) is 42.0 Å². The van der Waals surface area contributed by atoms with Crippen molar-refractivity contribution >= 4 is 23.2 Å². The van der Waals surface area contributed by atoms with E-state index in [1.165, 1.54) is 0 Å². The normalized spacial score (nSPS) is 19.3. The van der Waals surface area contributed by atoms with E-state index in [-0.39, 0.29) is 12.5 Å². The second kappa shape index (κ2) is 5.03. The predicted octanol–water partition coefficient (Wildman–Crippen LogP) is 2.43. The van der Waals surface area contributed by atoms with Crippen LogP contribution < -0.4 is 0 Å². The first-order valence-corrected chi connectivity index (χ1v) is 7.41. The molecule has 1 unspecified atom stereocenters. The maximum atomic E-state index is 6.01. The minimum absolute atomic E-state index is 0.0733. The molecule has 1 saturated carbocycles. The van der Waals surface area contributed by atoms with Crippen molar-refractivity contribution in [3.63, 3.8) is 0 Å². The first-order valence-electron chi connectivity index (χ1n) is 6.65. The summed E-state index contributed by atoms with van der Waals surface area (Å²) in [5, 5.41) is 15.6. The lowest BCUT2D eigenvalue weighted by Gasteiger charge is -2.00. The lowest BCUT2D eigenvalue weighted by atomic mass is 10.2. The summed E-state index contributed by atoms with van der Waals surface area (Å²) in [6.07, 6.45) is 0.634. The Balaban J connectivity index is 1.57. The number of halogens is 2. The van der Waals surface area contributed by atoms with Gasteiger partial charge >= 0.3 is 0 Å². The van der Waals surface area contributed by atoms with E-state index in [1.807, 2.05) is 30.3 Å². The van der Waals surface area contributed by atoms with Gasteiger partial charge in [-0.05, 0) is 16.8 Å². The van der Waals surface area contributed by atoms with Gasteiger partial charge in [0.25, 0.3) is 0 Å². The van der Waals surface area contributed by atoms with Crippen LogP contribution in [0.2, 0.25) is 0 Å². The highest BCUT2D eigenvalue weighted by Crippen LogP contribution is 2.58. The lowest BCUT2D eigenvalue weighted by Crippen LogP contribution is -2.05. The molecule has 0 spiro atoms. The van der Waals surface area contributed by atoms with E-state index in [0.717, 1.165) is 5.56 Å². The Labute approximate surface area is 135 Å². The third-order valence-corrected chi connectivity index (χ3v) is 4.31. The molecule has 1 aliphatic carbocycles. The van der Waals surface area contributed by atoms with Crippen molar-refractivity contribution in [1.29, 1.82) is 0 Å². The first-order chi connectivity index (χ1) is 10.6. The molecular formula is C13H10Cl2N6O. The van der Waals surface area contributed by atoms with Gasteiger partial charge in [-0.25, -0.2) is 4.68 Å². The molecule has 2 heterocycles. The number of alkyl halides is 2. The third-order valence-electron chi connectivity index (χ3n) is 3.47. The zero-order chi connectivity index (χ0) is 15.2.